The minimum absolute atomic E-state index is 0.239. The van der Waals surface area contributed by atoms with Crippen LogP contribution >= 0.6 is 0 Å². The van der Waals surface area contributed by atoms with Crippen molar-refractivity contribution in [2.45, 2.75) is 19.9 Å². The first kappa shape index (κ1) is 8.50. The predicted molar refractivity (Wildman–Crippen MR) is 41.1 cm³/mol. The molecule has 0 saturated heterocycles. The zero-order chi connectivity index (χ0) is 7.28. The summed E-state index contributed by atoms with van der Waals surface area (Å²) in [6.45, 7) is 9.63. The predicted octanol–water partition coefficient (Wildman–Crippen LogP) is 0.799. The van der Waals surface area contributed by atoms with Gasteiger partial charge in [-0.25, -0.2) is 0 Å². The molecule has 0 fully saturated rings. The van der Waals surface area contributed by atoms with Crippen LogP contribution in [0, 0.1) is 0 Å². The van der Waals surface area contributed by atoms with E-state index < -0.39 is 0 Å². The zero-order valence-corrected chi connectivity index (χ0v) is 6.30. The van der Waals surface area contributed by atoms with E-state index in [1.807, 2.05) is 13.1 Å². The van der Waals surface area contributed by atoms with Gasteiger partial charge in [0.25, 0.3) is 0 Å². The topological polar surface area (TPSA) is 29.3 Å². The molecular formula is C7H16N2. The Balaban J connectivity index is 3.42. The number of nitrogens with zero attached hydrogens (tertiary/aromatic N) is 1. The number of hydrogen-bond acceptors (Lipinski definition) is 2. The SMILES string of the molecule is C=CN(CC)CC(C)N. The van der Waals surface area contributed by atoms with Gasteiger partial charge in [-0.15, -0.1) is 0 Å². The van der Waals surface area contributed by atoms with Crippen LogP contribution in [0.15, 0.2) is 12.8 Å². The molecule has 0 aromatic carbocycles. The minimum Gasteiger partial charge on any atom is -0.377 e. The first-order chi connectivity index (χ1) is 4.20. The van der Waals surface area contributed by atoms with Crippen LogP contribution in [-0.4, -0.2) is 24.0 Å². The molecule has 0 saturated carbocycles. The Morgan fingerprint density at radius 2 is 2.33 bits per heavy atom. The van der Waals surface area contributed by atoms with Gasteiger partial charge in [-0.2, -0.15) is 0 Å². The summed E-state index contributed by atoms with van der Waals surface area (Å²) in [4.78, 5) is 2.09. The number of hydrogen-bond donors (Lipinski definition) is 1. The highest BCUT2D eigenvalue weighted by Crippen LogP contribution is 1.88. The maximum Gasteiger partial charge on any atom is 0.0321 e. The van der Waals surface area contributed by atoms with Gasteiger partial charge < -0.3 is 10.6 Å². The second-order valence-electron chi connectivity index (χ2n) is 2.25. The summed E-state index contributed by atoms with van der Waals surface area (Å²) < 4.78 is 0. The molecule has 2 nitrogen and oxygen atoms in total. The van der Waals surface area contributed by atoms with Gasteiger partial charge in [0.15, 0.2) is 0 Å². The number of nitrogens with two attached hydrogens (primary N) is 1. The van der Waals surface area contributed by atoms with Crippen molar-refractivity contribution in [2.75, 3.05) is 13.1 Å². The molecule has 0 radical (unpaired) electrons. The van der Waals surface area contributed by atoms with Gasteiger partial charge in [-0.05, 0) is 20.0 Å². The van der Waals surface area contributed by atoms with E-state index in [2.05, 4.69) is 18.4 Å². The molecule has 0 bridgehead atoms. The van der Waals surface area contributed by atoms with E-state index in [9.17, 15) is 0 Å². The summed E-state index contributed by atoms with van der Waals surface area (Å²) in [7, 11) is 0. The molecule has 0 aliphatic rings. The largest absolute Gasteiger partial charge is 0.377 e. The fraction of sp³-hybridized carbons (Fsp3) is 0.714. The molecule has 2 heteroatoms. The normalized spacial score (nSPS) is 12.8. The van der Waals surface area contributed by atoms with Crippen LogP contribution in [0.5, 0.6) is 0 Å². The Morgan fingerprint density at radius 1 is 1.78 bits per heavy atom. The minimum atomic E-state index is 0.239. The molecule has 9 heavy (non-hydrogen) atoms. The third kappa shape index (κ3) is 4.03. The molecular weight excluding hydrogens is 112 g/mol. The summed E-state index contributed by atoms with van der Waals surface area (Å²) in [5.74, 6) is 0. The van der Waals surface area contributed by atoms with Crippen LogP contribution in [0.3, 0.4) is 0 Å². The van der Waals surface area contributed by atoms with Crippen molar-refractivity contribution in [3.63, 3.8) is 0 Å². The Hall–Kier alpha value is -0.500. The number of rotatable bonds is 4. The molecule has 1 unspecified atom stereocenters. The highest BCUT2D eigenvalue weighted by molar-refractivity contribution is 4.72. The molecule has 1 atom stereocenters. The summed E-state index contributed by atoms with van der Waals surface area (Å²) in [5, 5.41) is 0. The maximum absolute atomic E-state index is 5.56. The summed E-state index contributed by atoms with van der Waals surface area (Å²) >= 11 is 0. The van der Waals surface area contributed by atoms with Crippen LogP contribution in [-0.2, 0) is 0 Å². The van der Waals surface area contributed by atoms with Gasteiger partial charge in [0.1, 0.15) is 0 Å². The lowest BCUT2D eigenvalue weighted by Gasteiger charge is -2.19. The summed E-state index contributed by atoms with van der Waals surface area (Å²) in [5.41, 5.74) is 5.56. The zero-order valence-electron chi connectivity index (χ0n) is 6.30. The highest BCUT2D eigenvalue weighted by atomic mass is 15.1. The maximum atomic E-state index is 5.56. The van der Waals surface area contributed by atoms with Crippen molar-refractivity contribution in [3.05, 3.63) is 12.8 Å². The van der Waals surface area contributed by atoms with E-state index in [-0.39, 0.29) is 6.04 Å². The Kier molecular flexibility index (Phi) is 4.14. The van der Waals surface area contributed by atoms with Crippen molar-refractivity contribution < 1.29 is 0 Å². The van der Waals surface area contributed by atoms with Crippen molar-refractivity contribution >= 4 is 0 Å². The standard InChI is InChI=1S/C7H16N2/c1-4-9(5-2)6-7(3)8/h4,7H,1,5-6,8H2,2-3H3. The van der Waals surface area contributed by atoms with E-state index >= 15 is 0 Å². The molecule has 0 heterocycles. The van der Waals surface area contributed by atoms with E-state index in [1.165, 1.54) is 0 Å². The average molecular weight is 128 g/mol. The van der Waals surface area contributed by atoms with Crippen molar-refractivity contribution in [1.82, 2.24) is 4.90 Å². The second kappa shape index (κ2) is 4.39. The molecule has 2 N–H and O–H groups in total. The van der Waals surface area contributed by atoms with Crippen LogP contribution in [0.1, 0.15) is 13.8 Å². The van der Waals surface area contributed by atoms with Crippen LogP contribution < -0.4 is 5.73 Å². The van der Waals surface area contributed by atoms with Crippen molar-refractivity contribution in [1.29, 1.82) is 0 Å². The van der Waals surface area contributed by atoms with Gasteiger partial charge in [-0.3, -0.25) is 0 Å². The third-order valence-electron chi connectivity index (χ3n) is 1.19. The van der Waals surface area contributed by atoms with E-state index in [4.69, 9.17) is 5.73 Å². The fourth-order valence-corrected chi connectivity index (χ4v) is 0.703. The third-order valence-corrected chi connectivity index (χ3v) is 1.19. The van der Waals surface area contributed by atoms with E-state index in [1.54, 1.807) is 0 Å². The van der Waals surface area contributed by atoms with Crippen LogP contribution in [0.4, 0.5) is 0 Å². The molecule has 0 amide bonds. The molecule has 0 aromatic rings. The molecule has 54 valence electrons. The fourth-order valence-electron chi connectivity index (χ4n) is 0.703. The lowest BCUT2D eigenvalue weighted by Crippen LogP contribution is -2.31. The van der Waals surface area contributed by atoms with Crippen molar-refractivity contribution in [2.24, 2.45) is 5.73 Å². The Labute approximate surface area is 57.3 Å². The van der Waals surface area contributed by atoms with Crippen molar-refractivity contribution in [3.8, 4) is 0 Å². The first-order valence-electron chi connectivity index (χ1n) is 3.32. The molecule has 0 spiro atoms. The lowest BCUT2D eigenvalue weighted by molar-refractivity contribution is 0.373. The Bertz CT molecular complexity index is 79.0. The van der Waals surface area contributed by atoms with Gasteiger partial charge in [0, 0.05) is 19.1 Å². The van der Waals surface area contributed by atoms with Gasteiger partial charge in [-0.1, -0.05) is 6.58 Å². The molecule has 0 rings (SSSR count). The average Bonchev–Trinajstić information content (AvgIpc) is 1.82. The first-order valence-corrected chi connectivity index (χ1v) is 3.32. The number of likely N-dealkylation sites (N-methyl/N-ethyl adjacent to an activating group) is 1. The summed E-state index contributed by atoms with van der Waals surface area (Å²) in [6.07, 6.45) is 1.82. The molecule has 0 aliphatic carbocycles. The van der Waals surface area contributed by atoms with Crippen LogP contribution in [0.25, 0.3) is 0 Å². The second-order valence-corrected chi connectivity index (χ2v) is 2.25. The molecule has 0 aliphatic heterocycles. The Morgan fingerprint density at radius 3 is 2.44 bits per heavy atom. The smallest absolute Gasteiger partial charge is 0.0321 e. The van der Waals surface area contributed by atoms with Gasteiger partial charge in [0.05, 0.1) is 0 Å². The monoisotopic (exact) mass is 128 g/mol. The van der Waals surface area contributed by atoms with Gasteiger partial charge >= 0.3 is 0 Å². The van der Waals surface area contributed by atoms with E-state index in [0.717, 1.165) is 13.1 Å². The molecule has 0 aromatic heterocycles. The van der Waals surface area contributed by atoms with Gasteiger partial charge in [0.2, 0.25) is 0 Å². The highest BCUT2D eigenvalue weighted by Gasteiger charge is 1.97. The van der Waals surface area contributed by atoms with Crippen LogP contribution in [0.2, 0.25) is 0 Å². The summed E-state index contributed by atoms with van der Waals surface area (Å²) in [6, 6.07) is 0.239. The van der Waals surface area contributed by atoms with E-state index in [0.29, 0.717) is 0 Å². The quantitative estimate of drug-likeness (QED) is 0.606. The lowest BCUT2D eigenvalue weighted by atomic mass is 10.3.